The van der Waals surface area contributed by atoms with E-state index in [1.54, 1.807) is 0 Å². The summed E-state index contributed by atoms with van der Waals surface area (Å²) in [5, 5.41) is 2.51. The highest BCUT2D eigenvalue weighted by molar-refractivity contribution is 6.09. The molecule has 1 aliphatic carbocycles. The van der Waals surface area contributed by atoms with Crippen LogP contribution in [0.4, 0.5) is 0 Å². The van der Waals surface area contributed by atoms with Crippen LogP contribution in [-0.2, 0) is 6.42 Å². The van der Waals surface area contributed by atoms with Crippen molar-refractivity contribution in [1.29, 1.82) is 0 Å². The Labute approximate surface area is 195 Å². The molecule has 5 aromatic carbocycles. The summed E-state index contributed by atoms with van der Waals surface area (Å²) in [6.45, 7) is 0. The molecule has 0 amide bonds. The second kappa shape index (κ2) is 8.26. The first-order chi connectivity index (χ1) is 16.4. The normalized spacial score (nSPS) is 14.9. The zero-order valence-electron chi connectivity index (χ0n) is 18.8. The highest BCUT2D eigenvalue weighted by Crippen LogP contribution is 2.52. The van der Waals surface area contributed by atoms with Crippen molar-refractivity contribution in [2.24, 2.45) is 0 Å². The minimum absolute atomic E-state index is 0.304. The quantitative estimate of drug-likeness (QED) is 0.281. The molecule has 33 heavy (non-hydrogen) atoms. The standard InChI is InChI=1S/C32H26O/c1-33-32-30(24-15-6-3-7-16-24)27-19-11-10-18-26(27)29(23-13-4-2-5-14-23)31(32)28-21-20-22-12-8-9-17-25(22)28/h2-19,28H,20-21H2,1H3. The maximum Gasteiger partial charge on any atom is 0.131 e. The second-order valence-corrected chi connectivity index (χ2v) is 8.76. The predicted octanol–water partition coefficient (Wildman–Crippen LogP) is 8.26. The molecule has 0 aromatic heterocycles. The Balaban J connectivity index is 1.78. The van der Waals surface area contributed by atoms with Gasteiger partial charge in [-0.3, -0.25) is 0 Å². The highest BCUT2D eigenvalue weighted by Gasteiger charge is 2.32. The fourth-order valence-electron chi connectivity index (χ4n) is 5.64. The molecule has 5 aromatic rings. The van der Waals surface area contributed by atoms with Gasteiger partial charge in [-0.1, -0.05) is 109 Å². The Bertz CT molecular complexity index is 1430. The first kappa shape index (κ1) is 19.8. The van der Waals surface area contributed by atoms with Gasteiger partial charge in [0, 0.05) is 17.0 Å². The monoisotopic (exact) mass is 426 g/mol. The summed E-state index contributed by atoms with van der Waals surface area (Å²) >= 11 is 0. The predicted molar refractivity (Wildman–Crippen MR) is 138 cm³/mol. The van der Waals surface area contributed by atoms with Crippen molar-refractivity contribution in [3.05, 3.63) is 126 Å². The van der Waals surface area contributed by atoms with Crippen molar-refractivity contribution < 1.29 is 4.74 Å². The third-order valence-electron chi connectivity index (χ3n) is 7.02. The fourth-order valence-corrected chi connectivity index (χ4v) is 5.64. The molecule has 6 rings (SSSR count). The van der Waals surface area contributed by atoms with Gasteiger partial charge in [-0.15, -0.1) is 0 Å². The molecule has 0 N–H and O–H groups in total. The van der Waals surface area contributed by atoms with Crippen LogP contribution in [0.3, 0.4) is 0 Å². The van der Waals surface area contributed by atoms with E-state index in [0.717, 1.165) is 18.6 Å². The third-order valence-corrected chi connectivity index (χ3v) is 7.02. The molecule has 1 heteroatoms. The molecule has 0 aliphatic heterocycles. The largest absolute Gasteiger partial charge is 0.496 e. The summed E-state index contributed by atoms with van der Waals surface area (Å²) < 4.78 is 6.33. The van der Waals surface area contributed by atoms with Gasteiger partial charge in [0.15, 0.2) is 0 Å². The Kier molecular flexibility index (Phi) is 4.96. The summed E-state index contributed by atoms with van der Waals surface area (Å²) in [5.74, 6) is 1.30. The molecule has 0 radical (unpaired) electrons. The van der Waals surface area contributed by atoms with Crippen LogP contribution in [0, 0.1) is 0 Å². The third kappa shape index (κ3) is 3.24. The van der Waals surface area contributed by atoms with Gasteiger partial charge in [0.05, 0.1) is 7.11 Å². The molecule has 0 spiro atoms. The molecule has 0 fully saturated rings. The maximum absolute atomic E-state index is 6.33. The average molecular weight is 427 g/mol. The lowest BCUT2D eigenvalue weighted by Crippen LogP contribution is -2.06. The number of hydrogen-bond donors (Lipinski definition) is 0. The minimum atomic E-state index is 0.304. The van der Waals surface area contributed by atoms with E-state index in [4.69, 9.17) is 4.74 Å². The number of aryl methyl sites for hydroxylation is 1. The van der Waals surface area contributed by atoms with Crippen LogP contribution >= 0.6 is 0 Å². The molecule has 1 atom stereocenters. The summed E-state index contributed by atoms with van der Waals surface area (Å²) in [4.78, 5) is 0. The van der Waals surface area contributed by atoms with E-state index in [0.29, 0.717) is 5.92 Å². The molecular weight excluding hydrogens is 400 g/mol. The van der Waals surface area contributed by atoms with Crippen molar-refractivity contribution in [1.82, 2.24) is 0 Å². The lowest BCUT2D eigenvalue weighted by molar-refractivity contribution is 0.410. The lowest BCUT2D eigenvalue weighted by atomic mass is 9.80. The Morgan fingerprint density at radius 3 is 1.82 bits per heavy atom. The molecule has 160 valence electrons. The molecule has 1 unspecified atom stereocenters. The lowest BCUT2D eigenvalue weighted by Gasteiger charge is -2.26. The number of ether oxygens (including phenoxy) is 1. The van der Waals surface area contributed by atoms with Crippen LogP contribution in [0.1, 0.15) is 29.0 Å². The average Bonchev–Trinajstić information content (AvgIpc) is 3.32. The Hall–Kier alpha value is -3.84. The van der Waals surface area contributed by atoms with Gasteiger partial charge >= 0.3 is 0 Å². The van der Waals surface area contributed by atoms with Crippen LogP contribution in [0.5, 0.6) is 5.75 Å². The molecule has 0 saturated heterocycles. The molecule has 0 saturated carbocycles. The number of methoxy groups -OCH3 is 1. The van der Waals surface area contributed by atoms with Gasteiger partial charge in [-0.05, 0) is 51.4 Å². The van der Waals surface area contributed by atoms with E-state index < -0.39 is 0 Å². The first-order valence-corrected chi connectivity index (χ1v) is 11.7. The van der Waals surface area contributed by atoms with Crippen molar-refractivity contribution in [3.8, 4) is 28.0 Å². The van der Waals surface area contributed by atoms with Crippen LogP contribution in [0.2, 0.25) is 0 Å². The molecular formula is C32H26O. The molecule has 0 bridgehead atoms. The van der Waals surface area contributed by atoms with Gasteiger partial charge in [0.2, 0.25) is 0 Å². The maximum atomic E-state index is 6.33. The van der Waals surface area contributed by atoms with Crippen LogP contribution in [-0.4, -0.2) is 7.11 Å². The van der Waals surface area contributed by atoms with Crippen molar-refractivity contribution in [3.63, 3.8) is 0 Å². The summed E-state index contributed by atoms with van der Waals surface area (Å²) in [6.07, 6.45) is 2.20. The van der Waals surface area contributed by atoms with Gasteiger partial charge in [0.1, 0.15) is 5.75 Å². The zero-order valence-corrected chi connectivity index (χ0v) is 18.8. The van der Waals surface area contributed by atoms with Crippen molar-refractivity contribution in [2.45, 2.75) is 18.8 Å². The van der Waals surface area contributed by atoms with Crippen LogP contribution < -0.4 is 4.74 Å². The fraction of sp³-hybridized carbons (Fsp3) is 0.125. The van der Waals surface area contributed by atoms with Gasteiger partial charge in [0.25, 0.3) is 0 Å². The molecule has 1 aliphatic rings. The van der Waals surface area contributed by atoms with E-state index in [-0.39, 0.29) is 0 Å². The van der Waals surface area contributed by atoms with Crippen molar-refractivity contribution in [2.75, 3.05) is 7.11 Å². The van der Waals surface area contributed by atoms with E-state index >= 15 is 0 Å². The van der Waals surface area contributed by atoms with E-state index in [1.165, 1.54) is 49.7 Å². The topological polar surface area (TPSA) is 9.23 Å². The van der Waals surface area contributed by atoms with Gasteiger partial charge in [-0.25, -0.2) is 0 Å². The van der Waals surface area contributed by atoms with Crippen LogP contribution in [0.15, 0.2) is 109 Å². The first-order valence-electron chi connectivity index (χ1n) is 11.7. The Morgan fingerprint density at radius 1 is 0.606 bits per heavy atom. The zero-order chi connectivity index (χ0) is 22.2. The molecule has 0 heterocycles. The summed E-state index contributed by atoms with van der Waals surface area (Å²) in [5.41, 5.74) is 9.12. The van der Waals surface area contributed by atoms with Crippen molar-refractivity contribution >= 4 is 10.8 Å². The van der Waals surface area contributed by atoms with E-state index in [1.807, 2.05) is 7.11 Å². The molecule has 1 nitrogen and oxygen atoms in total. The van der Waals surface area contributed by atoms with E-state index in [2.05, 4.69) is 109 Å². The number of fused-ring (bicyclic) bond motifs is 2. The number of rotatable bonds is 4. The van der Waals surface area contributed by atoms with E-state index in [9.17, 15) is 0 Å². The summed E-state index contributed by atoms with van der Waals surface area (Å²) in [7, 11) is 1.83. The van der Waals surface area contributed by atoms with Crippen LogP contribution in [0.25, 0.3) is 33.0 Å². The minimum Gasteiger partial charge on any atom is -0.496 e. The van der Waals surface area contributed by atoms with Gasteiger partial charge < -0.3 is 4.74 Å². The summed E-state index contributed by atoms with van der Waals surface area (Å²) in [6, 6.07) is 39.2. The Morgan fingerprint density at radius 2 is 1.15 bits per heavy atom. The highest BCUT2D eigenvalue weighted by atomic mass is 16.5. The number of benzene rings is 5. The second-order valence-electron chi connectivity index (χ2n) is 8.76. The number of hydrogen-bond acceptors (Lipinski definition) is 1. The van der Waals surface area contributed by atoms with Gasteiger partial charge in [-0.2, -0.15) is 0 Å². The smallest absolute Gasteiger partial charge is 0.131 e. The SMILES string of the molecule is COc1c(C2CCc3ccccc32)c(-c2ccccc2)c2ccccc2c1-c1ccccc1.